The van der Waals surface area contributed by atoms with Crippen LogP contribution in [0.3, 0.4) is 0 Å². The van der Waals surface area contributed by atoms with Crippen molar-refractivity contribution in [2.45, 2.75) is 30.9 Å². The minimum Gasteiger partial charge on any atom is -0.457 e. The molecule has 2 aromatic carbocycles. The van der Waals surface area contributed by atoms with Crippen LogP contribution in [0.4, 0.5) is 8.78 Å². The summed E-state index contributed by atoms with van der Waals surface area (Å²) in [5.74, 6) is -0.0658. The van der Waals surface area contributed by atoms with Gasteiger partial charge in [-0.2, -0.15) is 8.78 Å². The Hall–Kier alpha value is -3.38. The molecule has 0 aliphatic rings. The maximum atomic E-state index is 13.5. The number of ether oxygens (including phenoxy) is 1. The van der Waals surface area contributed by atoms with E-state index in [0.717, 1.165) is 8.87 Å². The molecule has 0 aliphatic heterocycles. The van der Waals surface area contributed by atoms with Crippen molar-refractivity contribution in [3.8, 4) is 0 Å². The van der Waals surface area contributed by atoms with Gasteiger partial charge in [0.2, 0.25) is 10.0 Å². The number of nitrogens with zero attached hydrogens (tertiary/aromatic N) is 5. The fourth-order valence-electron chi connectivity index (χ4n) is 3.67. The van der Waals surface area contributed by atoms with E-state index in [9.17, 15) is 22.0 Å². The average Bonchev–Trinajstić information content (AvgIpc) is 3.33. The molecule has 180 valence electrons. The number of benzene rings is 2. The van der Waals surface area contributed by atoms with Crippen molar-refractivity contribution in [3.05, 3.63) is 54.1 Å². The molecule has 0 saturated heterocycles. The number of hydrogen-bond donors (Lipinski definition) is 0. The number of para-hydroxylation sites is 2. The first-order chi connectivity index (χ1) is 16.1. The van der Waals surface area contributed by atoms with Crippen molar-refractivity contribution in [1.29, 1.82) is 0 Å². The van der Waals surface area contributed by atoms with Crippen molar-refractivity contribution in [3.63, 3.8) is 0 Å². The lowest BCUT2D eigenvalue weighted by molar-refractivity contribution is -0.145. The fraction of sp³-hybridized carbons (Fsp3) is 0.318. The zero-order valence-electron chi connectivity index (χ0n) is 18.8. The Morgan fingerprint density at radius 2 is 1.76 bits per heavy atom. The molecule has 0 N–H and O–H groups in total. The maximum Gasteiger partial charge on any atom is 0.320 e. The Bertz CT molecular complexity index is 1480. The molecule has 34 heavy (non-hydrogen) atoms. The quantitative estimate of drug-likeness (QED) is 0.351. The molecule has 0 amide bonds. The number of carbonyl (C=O) groups excluding carboxylic acids is 1. The molecule has 2 aromatic heterocycles. The van der Waals surface area contributed by atoms with E-state index < -0.39 is 22.5 Å². The van der Waals surface area contributed by atoms with Gasteiger partial charge >= 0.3 is 12.5 Å². The van der Waals surface area contributed by atoms with E-state index in [4.69, 9.17) is 4.74 Å². The van der Waals surface area contributed by atoms with Gasteiger partial charge in [-0.3, -0.25) is 9.36 Å². The average molecular weight is 492 g/mol. The number of hydrogen-bond acceptors (Lipinski definition) is 6. The Labute approximate surface area is 194 Å². The Kier molecular flexibility index (Phi) is 6.36. The predicted molar refractivity (Wildman–Crippen MR) is 121 cm³/mol. The Morgan fingerprint density at radius 3 is 2.47 bits per heavy atom. The van der Waals surface area contributed by atoms with Crippen LogP contribution in [-0.4, -0.2) is 51.9 Å². The highest BCUT2D eigenvalue weighted by atomic mass is 32.2. The zero-order valence-corrected chi connectivity index (χ0v) is 19.6. The van der Waals surface area contributed by atoms with Gasteiger partial charge in [0.05, 0.1) is 33.4 Å². The summed E-state index contributed by atoms with van der Waals surface area (Å²) in [4.78, 5) is 21.0. The van der Waals surface area contributed by atoms with Crippen molar-refractivity contribution in [2.75, 3.05) is 14.1 Å². The molecule has 12 heteroatoms. The van der Waals surface area contributed by atoms with E-state index in [2.05, 4.69) is 9.97 Å². The van der Waals surface area contributed by atoms with Crippen molar-refractivity contribution < 1.29 is 26.7 Å². The van der Waals surface area contributed by atoms with E-state index in [1.807, 2.05) is 0 Å². The van der Waals surface area contributed by atoms with E-state index in [1.165, 1.54) is 32.3 Å². The van der Waals surface area contributed by atoms with Gasteiger partial charge in [-0.05, 0) is 30.3 Å². The molecule has 0 atom stereocenters. The van der Waals surface area contributed by atoms with Crippen molar-refractivity contribution >= 4 is 38.1 Å². The highest BCUT2D eigenvalue weighted by Crippen LogP contribution is 2.24. The molecular weight excluding hydrogens is 468 g/mol. The monoisotopic (exact) mass is 491 g/mol. The minimum atomic E-state index is -3.60. The van der Waals surface area contributed by atoms with Gasteiger partial charge in [-0.15, -0.1) is 0 Å². The lowest BCUT2D eigenvalue weighted by Crippen LogP contribution is -2.22. The normalized spacial score (nSPS) is 12.3. The molecule has 2 heterocycles. The molecule has 0 radical (unpaired) electrons. The molecule has 0 spiro atoms. The molecule has 0 saturated carbocycles. The molecular formula is C22H23F2N5O4S. The number of fused-ring (bicyclic) bond motifs is 2. The minimum absolute atomic E-state index is 0.0328. The van der Waals surface area contributed by atoms with Gasteiger partial charge in [0, 0.05) is 27.6 Å². The number of rotatable bonds is 8. The van der Waals surface area contributed by atoms with Crippen LogP contribution in [0.1, 0.15) is 24.6 Å². The second-order valence-electron chi connectivity index (χ2n) is 7.85. The Balaban J connectivity index is 1.45. The SMILES string of the molecule is CN(C)S(=O)(=O)c1ccc2c(c1)nc(CCC(=O)OCc1nc3ccccc3n1C(F)F)n2C. The molecule has 0 fully saturated rings. The van der Waals surface area contributed by atoms with E-state index >= 15 is 0 Å². The number of imidazole rings is 2. The molecule has 4 aromatic rings. The summed E-state index contributed by atoms with van der Waals surface area (Å²) in [5, 5.41) is 0. The maximum absolute atomic E-state index is 13.5. The standard InChI is InChI=1S/C22H23F2N5O4S/c1-27(2)34(31,32)14-8-9-17-16(12-14)26-19(28(17)3)10-11-21(30)33-13-20-25-15-6-4-5-7-18(15)29(20)22(23)24/h4-9,12,22H,10-11,13H2,1-3H3. The smallest absolute Gasteiger partial charge is 0.320 e. The third-order valence-electron chi connectivity index (χ3n) is 5.50. The van der Waals surface area contributed by atoms with Crippen LogP contribution < -0.4 is 0 Å². The second-order valence-corrected chi connectivity index (χ2v) is 10.0. The van der Waals surface area contributed by atoms with Crippen LogP contribution in [0, 0.1) is 0 Å². The Morgan fingerprint density at radius 1 is 1.06 bits per heavy atom. The van der Waals surface area contributed by atoms with Crippen LogP contribution in [0.25, 0.3) is 22.1 Å². The number of sulfonamides is 1. The first kappa shape index (κ1) is 23.8. The number of alkyl halides is 2. The van der Waals surface area contributed by atoms with E-state index in [1.54, 1.807) is 35.9 Å². The van der Waals surface area contributed by atoms with Gasteiger partial charge < -0.3 is 9.30 Å². The fourth-order valence-corrected chi connectivity index (χ4v) is 4.59. The topological polar surface area (TPSA) is 99.3 Å². The van der Waals surface area contributed by atoms with Gasteiger partial charge in [-0.1, -0.05) is 12.1 Å². The highest BCUT2D eigenvalue weighted by Gasteiger charge is 2.21. The molecule has 9 nitrogen and oxygen atoms in total. The summed E-state index contributed by atoms with van der Waals surface area (Å²) in [6.07, 6.45) is 0.194. The summed E-state index contributed by atoms with van der Waals surface area (Å²) in [7, 11) is 1.06. The number of carbonyl (C=O) groups is 1. The van der Waals surface area contributed by atoms with Crippen LogP contribution in [0.2, 0.25) is 0 Å². The lowest BCUT2D eigenvalue weighted by atomic mass is 10.3. The summed E-state index contributed by atoms with van der Waals surface area (Å²) in [6, 6.07) is 11.1. The van der Waals surface area contributed by atoms with Gasteiger partial charge in [-0.25, -0.2) is 22.7 Å². The molecule has 0 bridgehead atoms. The first-order valence-electron chi connectivity index (χ1n) is 10.4. The van der Waals surface area contributed by atoms with Crippen LogP contribution in [-0.2, 0) is 39.6 Å². The van der Waals surface area contributed by atoms with Crippen molar-refractivity contribution in [1.82, 2.24) is 23.4 Å². The number of aromatic nitrogens is 4. The summed E-state index contributed by atoms with van der Waals surface area (Å²) in [5.41, 5.74) is 1.86. The predicted octanol–water partition coefficient (Wildman–Crippen LogP) is 3.24. The van der Waals surface area contributed by atoms with Gasteiger partial charge in [0.1, 0.15) is 12.4 Å². The van der Waals surface area contributed by atoms with Crippen LogP contribution in [0.5, 0.6) is 0 Å². The summed E-state index contributed by atoms with van der Waals surface area (Å²) in [6.45, 7) is -3.20. The van der Waals surface area contributed by atoms with E-state index in [0.29, 0.717) is 22.4 Å². The third kappa shape index (κ3) is 4.38. The van der Waals surface area contributed by atoms with Crippen LogP contribution in [0.15, 0.2) is 47.4 Å². The molecule has 0 unspecified atom stereocenters. The van der Waals surface area contributed by atoms with E-state index in [-0.39, 0.29) is 35.7 Å². The zero-order chi connectivity index (χ0) is 24.6. The third-order valence-corrected chi connectivity index (χ3v) is 7.31. The summed E-state index contributed by atoms with van der Waals surface area (Å²) < 4.78 is 60.6. The van der Waals surface area contributed by atoms with Gasteiger partial charge in [0.15, 0.2) is 5.82 Å². The van der Waals surface area contributed by atoms with Crippen molar-refractivity contribution in [2.24, 2.45) is 7.05 Å². The molecule has 0 aliphatic carbocycles. The number of halogens is 2. The summed E-state index contributed by atoms with van der Waals surface area (Å²) >= 11 is 0. The highest BCUT2D eigenvalue weighted by molar-refractivity contribution is 7.89. The van der Waals surface area contributed by atoms with Gasteiger partial charge in [0.25, 0.3) is 0 Å². The van der Waals surface area contributed by atoms with Crippen LogP contribution >= 0.6 is 0 Å². The largest absolute Gasteiger partial charge is 0.457 e. The number of esters is 1. The first-order valence-corrected chi connectivity index (χ1v) is 11.8. The lowest BCUT2D eigenvalue weighted by Gasteiger charge is -2.10. The second kappa shape index (κ2) is 9.11. The molecule has 4 rings (SSSR count). The number of aryl methyl sites for hydroxylation is 2.